The van der Waals surface area contributed by atoms with Crippen LogP contribution in [0.5, 0.6) is 0 Å². The third kappa shape index (κ3) is 6.88. The van der Waals surface area contributed by atoms with Crippen LogP contribution in [0.3, 0.4) is 0 Å². The molecule has 0 aliphatic heterocycles. The minimum Gasteiger partial charge on any atom is -0.481 e. The molecule has 23 heavy (non-hydrogen) atoms. The summed E-state index contributed by atoms with van der Waals surface area (Å²) in [7, 11) is 0. The van der Waals surface area contributed by atoms with Crippen molar-refractivity contribution in [3.8, 4) is 0 Å². The van der Waals surface area contributed by atoms with Gasteiger partial charge in [0.05, 0.1) is 6.42 Å². The molecule has 0 spiro atoms. The van der Waals surface area contributed by atoms with Crippen LogP contribution in [0.25, 0.3) is 0 Å². The highest BCUT2D eigenvalue weighted by molar-refractivity contribution is 5.70. The molecular formula is C16H27NO6. The second-order valence-corrected chi connectivity index (χ2v) is 6.61. The lowest BCUT2D eigenvalue weighted by atomic mass is 9.72. The molecule has 1 fully saturated rings. The van der Waals surface area contributed by atoms with Gasteiger partial charge in [-0.3, -0.25) is 9.59 Å². The van der Waals surface area contributed by atoms with Gasteiger partial charge in [0.1, 0.15) is 0 Å². The molecule has 1 unspecified atom stereocenters. The summed E-state index contributed by atoms with van der Waals surface area (Å²) in [6.45, 7) is 5.05. The molecule has 7 nitrogen and oxygen atoms in total. The van der Waals surface area contributed by atoms with Gasteiger partial charge in [-0.1, -0.05) is 33.1 Å². The SMILES string of the molecule is CC(=O)OC(OC(=O)NCC1(CC(=O)O)CCCCC1)C(C)C. The van der Waals surface area contributed by atoms with Gasteiger partial charge in [0.25, 0.3) is 6.29 Å². The zero-order valence-electron chi connectivity index (χ0n) is 14.1. The van der Waals surface area contributed by atoms with Crippen molar-refractivity contribution in [2.45, 2.75) is 65.6 Å². The molecule has 1 aliphatic rings. The van der Waals surface area contributed by atoms with Crippen molar-refractivity contribution < 1.29 is 29.0 Å². The Labute approximate surface area is 136 Å². The summed E-state index contributed by atoms with van der Waals surface area (Å²) in [4.78, 5) is 34.1. The molecule has 0 radical (unpaired) electrons. The topological polar surface area (TPSA) is 102 Å². The molecule has 1 rings (SSSR count). The van der Waals surface area contributed by atoms with E-state index in [-0.39, 0.29) is 18.9 Å². The van der Waals surface area contributed by atoms with Crippen LogP contribution >= 0.6 is 0 Å². The predicted molar refractivity (Wildman–Crippen MR) is 82.6 cm³/mol. The zero-order chi connectivity index (χ0) is 17.5. The Hall–Kier alpha value is -1.79. The molecule has 0 aromatic heterocycles. The van der Waals surface area contributed by atoms with Crippen LogP contribution in [0.4, 0.5) is 4.79 Å². The van der Waals surface area contributed by atoms with Crippen molar-refractivity contribution in [3.05, 3.63) is 0 Å². The number of amides is 1. The largest absolute Gasteiger partial charge is 0.481 e. The number of alkyl carbamates (subject to hydrolysis) is 1. The monoisotopic (exact) mass is 329 g/mol. The third-order valence-electron chi connectivity index (χ3n) is 4.10. The summed E-state index contributed by atoms with van der Waals surface area (Å²) in [5.74, 6) is -1.56. The Balaban J connectivity index is 2.57. The number of carbonyl (C=O) groups is 3. The van der Waals surface area contributed by atoms with Crippen molar-refractivity contribution >= 4 is 18.0 Å². The summed E-state index contributed by atoms with van der Waals surface area (Å²) in [6, 6.07) is 0. The fourth-order valence-electron chi connectivity index (χ4n) is 2.91. The lowest BCUT2D eigenvalue weighted by Crippen LogP contribution is -2.42. The number of esters is 1. The standard InChI is InChI=1S/C16H27NO6/c1-11(2)14(22-12(3)18)23-15(21)17-10-16(9-13(19)20)7-5-4-6-8-16/h11,14H,4-10H2,1-3H3,(H,17,21)(H,19,20). The molecular weight excluding hydrogens is 302 g/mol. The van der Waals surface area contributed by atoms with E-state index in [9.17, 15) is 14.4 Å². The van der Waals surface area contributed by atoms with E-state index < -0.39 is 29.7 Å². The van der Waals surface area contributed by atoms with Crippen LogP contribution < -0.4 is 5.32 Å². The first kappa shape index (κ1) is 19.3. The second-order valence-electron chi connectivity index (χ2n) is 6.61. The lowest BCUT2D eigenvalue weighted by molar-refractivity contribution is -0.172. The van der Waals surface area contributed by atoms with Gasteiger partial charge in [0, 0.05) is 19.4 Å². The number of rotatable bonds is 7. The fraction of sp³-hybridized carbons (Fsp3) is 0.812. The Kier molecular flexibility index (Phi) is 7.32. The third-order valence-corrected chi connectivity index (χ3v) is 4.10. The molecule has 1 aliphatic carbocycles. The van der Waals surface area contributed by atoms with Crippen LogP contribution in [0.15, 0.2) is 0 Å². The van der Waals surface area contributed by atoms with Gasteiger partial charge >= 0.3 is 18.0 Å². The smallest absolute Gasteiger partial charge is 0.410 e. The highest BCUT2D eigenvalue weighted by Crippen LogP contribution is 2.38. The molecule has 0 heterocycles. The van der Waals surface area contributed by atoms with Crippen molar-refractivity contribution in [3.63, 3.8) is 0 Å². The van der Waals surface area contributed by atoms with Crippen LogP contribution in [0, 0.1) is 11.3 Å². The number of carboxylic acid groups (broad SMARTS) is 1. The van der Waals surface area contributed by atoms with Crippen LogP contribution in [0.1, 0.15) is 59.3 Å². The van der Waals surface area contributed by atoms with E-state index >= 15 is 0 Å². The van der Waals surface area contributed by atoms with E-state index in [0.717, 1.165) is 32.1 Å². The van der Waals surface area contributed by atoms with Crippen molar-refractivity contribution in [2.75, 3.05) is 6.54 Å². The average molecular weight is 329 g/mol. The van der Waals surface area contributed by atoms with E-state index in [1.165, 1.54) is 6.92 Å². The Morgan fingerprint density at radius 3 is 2.22 bits per heavy atom. The maximum atomic E-state index is 11.9. The maximum Gasteiger partial charge on any atom is 0.410 e. The van der Waals surface area contributed by atoms with E-state index in [1.54, 1.807) is 13.8 Å². The van der Waals surface area contributed by atoms with E-state index in [4.69, 9.17) is 14.6 Å². The normalized spacial score (nSPS) is 18.1. The number of aliphatic carboxylic acids is 1. The molecule has 2 N–H and O–H groups in total. The zero-order valence-corrected chi connectivity index (χ0v) is 14.1. The summed E-state index contributed by atoms with van der Waals surface area (Å²) in [5, 5.41) is 11.8. The summed E-state index contributed by atoms with van der Waals surface area (Å²) in [5.41, 5.74) is -0.419. The van der Waals surface area contributed by atoms with Gasteiger partial charge in [-0.25, -0.2) is 4.79 Å². The highest BCUT2D eigenvalue weighted by atomic mass is 16.7. The summed E-state index contributed by atoms with van der Waals surface area (Å²) >= 11 is 0. The van der Waals surface area contributed by atoms with Crippen molar-refractivity contribution in [1.82, 2.24) is 5.32 Å². The number of ether oxygens (including phenoxy) is 2. The predicted octanol–water partition coefficient (Wildman–Crippen LogP) is 2.68. The molecule has 0 bridgehead atoms. The molecule has 132 valence electrons. The fourth-order valence-corrected chi connectivity index (χ4v) is 2.91. The molecule has 0 aromatic rings. The summed E-state index contributed by atoms with van der Waals surface area (Å²) < 4.78 is 10.1. The number of hydrogen-bond donors (Lipinski definition) is 2. The van der Waals surface area contributed by atoms with Gasteiger partial charge in [-0.2, -0.15) is 0 Å². The first-order chi connectivity index (χ1) is 10.7. The first-order valence-electron chi connectivity index (χ1n) is 8.07. The molecule has 1 amide bonds. The Morgan fingerprint density at radius 1 is 1.13 bits per heavy atom. The highest BCUT2D eigenvalue weighted by Gasteiger charge is 2.35. The van der Waals surface area contributed by atoms with E-state index in [1.807, 2.05) is 0 Å². The van der Waals surface area contributed by atoms with Crippen molar-refractivity contribution in [2.24, 2.45) is 11.3 Å². The van der Waals surface area contributed by atoms with Gasteiger partial charge in [0.2, 0.25) is 0 Å². The van der Waals surface area contributed by atoms with Gasteiger partial charge in [-0.05, 0) is 18.3 Å². The van der Waals surface area contributed by atoms with E-state index in [0.29, 0.717) is 0 Å². The summed E-state index contributed by atoms with van der Waals surface area (Å²) in [6.07, 6.45) is 2.96. The van der Waals surface area contributed by atoms with Crippen LogP contribution in [-0.4, -0.2) is 36.0 Å². The number of hydrogen-bond acceptors (Lipinski definition) is 5. The minimum absolute atomic E-state index is 0.0326. The minimum atomic E-state index is -0.950. The second kappa shape index (κ2) is 8.74. The van der Waals surface area contributed by atoms with E-state index in [2.05, 4.69) is 5.32 Å². The van der Waals surface area contributed by atoms with Gasteiger partial charge in [-0.15, -0.1) is 0 Å². The molecule has 7 heteroatoms. The number of nitrogens with one attached hydrogen (secondary N) is 1. The van der Waals surface area contributed by atoms with Crippen LogP contribution in [-0.2, 0) is 19.1 Å². The quantitative estimate of drug-likeness (QED) is 0.550. The maximum absolute atomic E-state index is 11.9. The Bertz CT molecular complexity index is 428. The molecule has 1 saturated carbocycles. The lowest BCUT2D eigenvalue weighted by Gasteiger charge is -2.36. The number of carboxylic acids is 1. The van der Waals surface area contributed by atoms with Crippen LogP contribution in [0.2, 0.25) is 0 Å². The first-order valence-corrected chi connectivity index (χ1v) is 8.07. The number of carbonyl (C=O) groups excluding carboxylic acids is 2. The van der Waals surface area contributed by atoms with Crippen molar-refractivity contribution in [1.29, 1.82) is 0 Å². The Morgan fingerprint density at radius 2 is 1.74 bits per heavy atom. The average Bonchev–Trinajstić information content (AvgIpc) is 2.44. The van der Waals surface area contributed by atoms with Gasteiger partial charge in [0.15, 0.2) is 0 Å². The molecule has 0 saturated heterocycles. The molecule has 1 atom stereocenters. The molecule has 0 aromatic carbocycles. The van der Waals surface area contributed by atoms with Gasteiger partial charge < -0.3 is 19.9 Å².